The lowest BCUT2D eigenvalue weighted by Crippen LogP contribution is -2.34. The highest BCUT2D eigenvalue weighted by molar-refractivity contribution is 5.25. The number of nitrogens with zero attached hydrogens (tertiary/aromatic N) is 2. The first-order chi connectivity index (χ1) is 9.41. The summed E-state index contributed by atoms with van der Waals surface area (Å²) in [6, 6.07) is 6.34. The van der Waals surface area contributed by atoms with Crippen LogP contribution in [0, 0.1) is 5.82 Å². The minimum atomic E-state index is -0.510. The standard InChI is InChI=1S/C16H21FN2O/c1-16(2,12-4-6-13(17)7-5-12)14(20)8-9-15-18-10-11-19(15)3/h4-7,10-11,14,20H,8-9H2,1-3H3. The highest BCUT2D eigenvalue weighted by Gasteiger charge is 2.29. The molecule has 0 saturated heterocycles. The monoisotopic (exact) mass is 276 g/mol. The van der Waals surface area contributed by atoms with Gasteiger partial charge in [-0.2, -0.15) is 0 Å². The maximum atomic E-state index is 13.0. The Morgan fingerprint density at radius 3 is 2.50 bits per heavy atom. The molecule has 1 aromatic heterocycles. The van der Waals surface area contributed by atoms with E-state index in [2.05, 4.69) is 4.98 Å². The molecular formula is C16H21FN2O. The van der Waals surface area contributed by atoms with Gasteiger partial charge in [0.2, 0.25) is 0 Å². The maximum absolute atomic E-state index is 13.0. The van der Waals surface area contributed by atoms with Crippen LogP contribution in [0.4, 0.5) is 4.39 Å². The number of halogens is 1. The average Bonchev–Trinajstić information content (AvgIpc) is 2.82. The van der Waals surface area contributed by atoms with E-state index < -0.39 is 11.5 Å². The molecule has 0 radical (unpaired) electrons. The van der Waals surface area contributed by atoms with Crippen molar-refractivity contribution >= 4 is 0 Å². The van der Waals surface area contributed by atoms with Crippen molar-refractivity contribution in [3.63, 3.8) is 0 Å². The molecule has 1 aromatic carbocycles. The van der Waals surface area contributed by atoms with Gasteiger partial charge in [-0.15, -0.1) is 0 Å². The zero-order chi connectivity index (χ0) is 14.8. The fourth-order valence-corrected chi connectivity index (χ4v) is 2.34. The van der Waals surface area contributed by atoms with Gasteiger partial charge < -0.3 is 9.67 Å². The fourth-order valence-electron chi connectivity index (χ4n) is 2.34. The van der Waals surface area contributed by atoms with E-state index in [0.29, 0.717) is 6.42 Å². The van der Waals surface area contributed by atoms with Crippen LogP contribution in [0.1, 0.15) is 31.7 Å². The van der Waals surface area contributed by atoms with Crippen LogP contribution < -0.4 is 0 Å². The Kier molecular flexibility index (Phi) is 4.23. The Bertz CT molecular complexity index is 560. The number of rotatable bonds is 5. The Morgan fingerprint density at radius 1 is 1.30 bits per heavy atom. The number of benzene rings is 1. The summed E-state index contributed by atoms with van der Waals surface area (Å²) in [7, 11) is 1.94. The summed E-state index contributed by atoms with van der Waals surface area (Å²) >= 11 is 0. The topological polar surface area (TPSA) is 38.0 Å². The Hall–Kier alpha value is -1.68. The predicted octanol–water partition coefficient (Wildman–Crippen LogP) is 2.83. The van der Waals surface area contributed by atoms with Gasteiger partial charge in [0.05, 0.1) is 6.10 Å². The van der Waals surface area contributed by atoms with Gasteiger partial charge in [0, 0.05) is 31.3 Å². The van der Waals surface area contributed by atoms with E-state index in [0.717, 1.165) is 17.8 Å². The van der Waals surface area contributed by atoms with Gasteiger partial charge in [-0.1, -0.05) is 26.0 Å². The van der Waals surface area contributed by atoms with E-state index in [1.54, 1.807) is 18.3 Å². The largest absolute Gasteiger partial charge is 0.392 e. The average molecular weight is 276 g/mol. The van der Waals surface area contributed by atoms with Crippen LogP contribution in [0.15, 0.2) is 36.7 Å². The molecule has 0 spiro atoms. The van der Waals surface area contributed by atoms with E-state index in [9.17, 15) is 9.50 Å². The molecule has 4 heteroatoms. The second-order valence-electron chi connectivity index (χ2n) is 5.74. The first-order valence-electron chi connectivity index (χ1n) is 6.81. The van der Waals surface area contributed by atoms with Gasteiger partial charge >= 0.3 is 0 Å². The Balaban J connectivity index is 2.05. The van der Waals surface area contributed by atoms with Crippen LogP contribution in [0.5, 0.6) is 0 Å². The van der Waals surface area contributed by atoms with Crippen molar-refractivity contribution in [2.24, 2.45) is 7.05 Å². The highest BCUT2D eigenvalue weighted by Crippen LogP contribution is 2.29. The molecule has 2 rings (SSSR count). The van der Waals surface area contributed by atoms with E-state index in [-0.39, 0.29) is 5.82 Å². The molecule has 0 aliphatic heterocycles. The van der Waals surface area contributed by atoms with Crippen LogP contribution in [-0.4, -0.2) is 20.8 Å². The zero-order valence-electron chi connectivity index (χ0n) is 12.2. The molecule has 0 amide bonds. The number of imidazole rings is 1. The minimum absolute atomic E-state index is 0.257. The molecule has 3 nitrogen and oxygen atoms in total. The predicted molar refractivity (Wildman–Crippen MR) is 77.0 cm³/mol. The lowest BCUT2D eigenvalue weighted by molar-refractivity contribution is 0.0908. The minimum Gasteiger partial charge on any atom is -0.392 e. The molecule has 0 aliphatic carbocycles. The molecule has 0 aliphatic rings. The second-order valence-corrected chi connectivity index (χ2v) is 5.74. The van der Waals surface area contributed by atoms with E-state index in [4.69, 9.17) is 0 Å². The molecular weight excluding hydrogens is 255 g/mol. The van der Waals surface area contributed by atoms with Crippen LogP contribution in [0.25, 0.3) is 0 Å². The number of hydrogen-bond donors (Lipinski definition) is 1. The first-order valence-corrected chi connectivity index (χ1v) is 6.81. The summed E-state index contributed by atoms with van der Waals surface area (Å²) < 4.78 is 14.9. The van der Waals surface area contributed by atoms with Gasteiger partial charge in [-0.3, -0.25) is 0 Å². The van der Waals surface area contributed by atoms with Gasteiger partial charge in [0.1, 0.15) is 11.6 Å². The Morgan fingerprint density at radius 2 is 1.95 bits per heavy atom. The smallest absolute Gasteiger partial charge is 0.123 e. The van der Waals surface area contributed by atoms with E-state index >= 15 is 0 Å². The summed E-state index contributed by atoms with van der Waals surface area (Å²) in [5, 5.41) is 10.5. The van der Waals surface area contributed by atoms with Gasteiger partial charge in [-0.25, -0.2) is 9.37 Å². The van der Waals surface area contributed by atoms with Crippen molar-refractivity contribution in [3.8, 4) is 0 Å². The quantitative estimate of drug-likeness (QED) is 0.912. The summed E-state index contributed by atoms with van der Waals surface area (Å²) in [6.45, 7) is 3.95. The lowest BCUT2D eigenvalue weighted by atomic mass is 9.77. The normalized spacial score (nSPS) is 13.4. The molecule has 1 atom stereocenters. The summed E-state index contributed by atoms with van der Waals surface area (Å²) in [5.74, 6) is 0.700. The number of aromatic nitrogens is 2. The highest BCUT2D eigenvalue weighted by atomic mass is 19.1. The molecule has 1 unspecified atom stereocenters. The van der Waals surface area contributed by atoms with Crippen molar-refractivity contribution in [2.75, 3.05) is 0 Å². The third-order valence-corrected chi connectivity index (χ3v) is 3.98. The number of hydrogen-bond acceptors (Lipinski definition) is 2. The lowest BCUT2D eigenvalue weighted by Gasteiger charge is -2.31. The van der Waals surface area contributed by atoms with Gasteiger partial charge in [0.25, 0.3) is 0 Å². The Labute approximate surface area is 119 Å². The fraction of sp³-hybridized carbons (Fsp3) is 0.438. The zero-order valence-corrected chi connectivity index (χ0v) is 12.2. The molecule has 1 heterocycles. The summed E-state index contributed by atoms with van der Waals surface area (Å²) in [4.78, 5) is 4.26. The molecule has 108 valence electrons. The molecule has 2 aromatic rings. The molecule has 20 heavy (non-hydrogen) atoms. The third kappa shape index (κ3) is 3.07. The van der Waals surface area contributed by atoms with E-state index in [1.165, 1.54) is 12.1 Å². The number of aliphatic hydroxyl groups is 1. The third-order valence-electron chi connectivity index (χ3n) is 3.98. The molecule has 0 fully saturated rings. The van der Waals surface area contributed by atoms with Crippen LogP contribution >= 0.6 is 0 Å². The van der Waals surface area contributed by atoms with Crippen LogP contribution in [0.3, 0.4) is 0 Å². The van der Waals surface area contributed by atoms with Crippen molar-refractivity contribution in [2.45, 2.75) is 38.2 Å². The van der Waals surface area contributed by atoms with Gasteiger partial charge in [-0.05, 0) is 24.1 Å². The second kappa shape index (κ2) is 5.75. The number of aryl methyl sites for hydroxylation is 2. The summed E-state index contributed by atoms with van der Waals surface area (Å²) in [5.41, 5.74) is 0.519. The van der Waals surface area contributed by atoms with Gasteiger partial charge in [0.15, 0.2) is 0 Å². The SMILES string of the molecule is Cn1ccnc1CCC(O)C(C)(C)c1ccc(F)cc1. The van der Waals surface area contributed by atoms with Crippen molar-refractivity contribution in [3.05, 3.63) is 53.9 Å². The van der Waals surface area contributed by atoms with Crippen molar-refractivity contribution < 1.29 is 9.50 Å². The van der Waals surface area contributed by atoms with Crippen molar-refractivity contribution in [1.82, 2.24) is 9.55 Å². The van der Waals surface area contributed by atoms with E-state index in [1.807, 2.05) is 31.7 Å². The molecule has 0 saturated carbocycles. The van der Waals surface area contributed by atoms with Crippen molar-refractivity contribution in [1.29, 1.82) is 0 Å². The molecule has 0 bridgehead atoms. The van der Waals surface area contributed by atoms with Crippen LogP contribution in [-0.2, 0) is 18.9 Å². The summed E-state index contributed by atoms with van der Waals surface area (Å²) in [6.07, 6.45) is 4.48. The number of aliphatic hydroxyl groups excluding tert-OH is 1. The van der Waals surface area contributed by atoms with Crippen LogP contribution in [0.2, 0.25) is 0 Å². The first kappa shape index (κ1) is 14.7. The maximum Gasteiger partial charge on any atom is 0.123 e. The molecule has 1 N–H and O–H groups in total.